The highest BCUT2D eigenvalue weighted by Gasteiger charge is 2.01. The van der Waals surface area contributed by atoms with Gasteiger partial charge in [0, 0.05) is 0 Å². The van der Waals surface area contributed by atoms with Crippen LogP contribution in [-0.4, -0.2) is 6.61 Å². The molecular formula is C6H9O2PS. The molecule has 0 saturated carbocycles. The highest BCUT2D eigenvalue weighted by Crippen LogP contribution is 2.23. The molecule has 0 amide bonds. The van der Waals surface area contributed by atoms with Gasteiger partial charge in [-0.1, -0.05) is 6.07 Å². The third kappa shape index (κ3) is 1.94. The SMILES string of the molecule is CCO[PH](=O)c1cccs1. The molecule has 1 aromatic rings. The molecule has 1 unspecified atom stereocenters. The fourth-order valence-electron chi connectivity index (χ4n) is 0.597. The van der Waals surface area contributed by atoms with Crippen LogP contribution >= 0.6 is 19.4 Å². The van der Waals surface area contributed by atoms with E-state index >= 15 is 0 Å². The fraction of sp³-hybridized carbons (Fsp3) is 0.333. The van der Waals surface area contributed by atoms with Gasteiger partial charge in [0.2, 0.25) is 8.03 Å². The van der Waals surface area contributed by atoms with Crippen LogP contribution in [0.2, 0.25) is 0 Å². The van der Waals surface area contributed by atoms with Gasteiger partial charge in [-0.05, 0) is 18.4 Å². The molecule has 4 heteroatoms. The van der Waals surface area contributed by atoms with E-state index in [0.717, 1.165) is 4.62 Å². The average molecular weight is 176 g/mol. The van der Waals surface area contributed by atoms with E-state index in [1.165, 1.54) is 11.3 Å². The topological polar surface area (TPSA) is 26.3 Å². The zero-order chi connectivity index (χ0) is 7.40. The first-order chi connectivity index (χ1) is 4.84. The van der Waals surface area contributed by atoms with Crippen molar-refractivity contribution in [3.63, 3.8) is 0 Å². The lowest BCUT2D eigenvalue weighted by molar-refractivity contribution is 0.357. The molecule has 0 aliphatic heterocycles. The third-order valence-corrected chi connectivity index (χ3v) is 3.65. The van der Waals surface area contributed by atoms with Gasteiger partial charge in [-0.15, -0.1) is 11.3 Å². The van der Waals surface area contributed by atoms with Crippen molar-refractivity contribution in [1.82, 2.24) is 0 Å². The van der Waals surface area contributed by atoms with E-state index in [1.54, 1.807) is 0 Å². The maximum absolute atomic E-state index is 11.1. The van der Waals surface area contributed by atoms with Gasteiger partial charge in [0.05, 0.1) is 11.2 Å². The van der Waals surface area contributed by atoms with Gasteiger partial charge in [-0.25, -0.2) is 0 Å². The molecule has 0 aromatic carbocycles. The predicted molar refractivity (Wildman–Crippen MR) is 44.6 cm³/mol. The molecule has 0 radical (unpaired) electrons. The van der Waals surface area contributed by atoms with Crippen molar-refractivity contribution in [2.45, 2.75) is 6.92 Å². The summed E-state index contributed by atoms with van der Waals surface area (Å²) in [4.78, 5) is 0. The molecule has 10 heavy (non-hydrogen) atoms. The average Bonchev–Trinajstić information content (AvgIpc) is 2.38. The summed E-state index contributed by atoms with van der Waals surface area (Å²) >= 11 is 1.48. The molecule has 56 valence electrons. The first-order valence-corrected chi connectivity index (χ1v) is 5.25. The Hall–Kier alpha value is -0.110. The number of thiophene rings is 1. The Bertz CT molecular complexity index is 208. The Labute approximate surface area is 64.7 Å². The van der Waals surface area contributed by atoms with Crippen LogP contribution in [0.25, 0.3) is 0 Å². The standard InChI is InChI=1S/C6H9O2PS/c1-2-8-9(7)6-4-3-5-10-6/h3-5,9H,2H2,1H3. The van der Waals surface area contributed by atoms with Crippen molar-refractivity contribution in [3.8, 4) is 0 Å². The maximum atomic E-state index is 11.1. The summed E-state index contributed by atoms with van der Waals surface area (Å²) in [5.41, 5.74) is 0. The molecule has 0 fully saturated rings. The summed E-state index contributed by atoms with van der Waals surface area (Å²) in [5.74, 6) is 0. The van der Waals surface area contributed by atoms with E-state index in [1.807, 2.05) is 24.4 Å². The second kappa shape index (κ2) is 3.91. The Morgan fingerprint density at radius 3 is 3.10 bits per heavy atom. The lowest BCUT2D eigenvalue weighted by Crippen LogP contribution is -1.89. The van der Waals surface area contributed by atoms with E-state index in [4.69, 9.17) is 4.52 Å². The van der Waals surface area contributed by atoms with Crippen LogP contribution in [0, 0.1) is 0 Å². The Balaban J connectivity index is 2.59. The van der Waals surface area contributed by atoms with Crippen molar-refractivity contribution >= 4 is 24.0 Å². The molecule has 1 atom stereocenters. The minimum absolute atomic E-state index is 0.524. The molecule has 0 spiro atoms. The summed E-state index contributed by atoms with van der Waals surface area (Å²) in [5, 5.41) is 1.90. The van der Waals surface area contributed by atoms with E-state index in [9.17, 15) is 4.57 Å². The first kappa shape index (κ1) is 7.99. The zero-order valence-corrected chi connectivity index (χ0v) is 7.48. The second-order valence-electron chi connectivity index (χ2n) is 1.70. The highest BCUT2D eigenvalue weighted by atomic mass is 32.1. The molecule has 0 saturated heterocycles. The van der Waals surface area contributed by atoms with Gasteiger partial charge >= 0.3 is 0 Å². The Kier molecular flexibility index (Phi) is 3.13. The summed E-state index contributed by atoms with van der Waals surface area (Å²) in [6.45, 7) is 2.37. The lowest BCUT2D eigenvalue weighted by atomic mass is 10.7. The molecule has 1 aromatic heterocycles. The number of rotatable bonds is 3. The Morgan fingerprint density at radius 1 is 1.80 bits per heavy atom. The van der Waals surface area contributed by atoms with E-state index in [2.05, 4.69) is 0 Å². The van der Waals surface area contributed by atoms with Gasteiger partial charge in [0.15, 0.2) is 0 Å². The molecule has 1 rings (SSSR count). The fourth-order valence-corrected chi connectivity index (χ4v) is 2.46. The monoisotopic (exact) mass is 176 g/mol. The van der Waals surface area contributed by atoms with E-state index in [0.29, 0.717) is 6.61 Å². The minimum atomic E-state index is -1.91. The van der Waals surface area contributed by atoms with Gasteiger partial charge in [0.1, 0.15) is 0 Å². The van der Waals surface area contributed by atoms with Crippen LogP contribution in [0.5, 0.6) is 0 Å². The largest absolute Gasteiger partial charge is 0.327 e. The quantitative estimate of drug-likeness (QED) is 0.657. The van der Waals surface area contributed by atoms with Crippen LogP contribution in [0.4, 0.5) is 0 Å². The number of hydrogen-bond acceptors (Lipinski definition) is 3. The predicted octanol–water partition coefficient (Wildman–Crippen LogP) is 1.88. The summed E-state index contributed by atoms with van der Waals surface area (Å²) in [6, 6.07) is 3.71. The second-order valence-corrected chi connectivity index (χ2v) is 4.41. The van der Waals surface area contributed by atoms with Crippen LogP contribution < -0.4 is 4.62 Å². The third-order valence-electron chi connectivity index (χ3n) is 0.998. The van der Waals surface area contributed by atoms with Crippen molar-refractivity contribution in [2.24, 2.45) is 0 Å². The molecule has 0 bridgehead atoms. The summed E-state index contributed by atoms with van der Waals surface area (Å²) < 4.78 is 16.9. The van der Waals surface area contributed by atoms with Gasteiger partial charge in [0.25, 0.3) is 0 Å². The zero-order valence-electron chi connectivity index (χ0n) is 5.66. The molecule has 2 nitrogen and oxygen atoms in total. The van der Waals surface area contributed by atoms with Crippen molar-refractivity contribution in [3.05, 3.63) is 17.5 Å². The molecule has 1 heterocycles. The first-order valence-electron chi connectivity index (χ1n) is 3.05. The van der Waals surface area contributed by atoms with E-state index in [-0.39, 0.29) is 0 Å². The van der Waals surface area contributed by atoms with Gasteiger partial charge in [-0.3, -0.25) is 4.57 Å². The van der Waals surface area contributed by atoms with Crippen LogP contribution in [-0.2, 0) is 9.09 Å². The van der Waals surface area contributed by atoms with Crippen molar-refractivity contribution in [2.75, 3.05) is 6.61 Å². The van der Waals surface area contributed by atoms with Crippen molar-refractivity contribution in [1.29, 1.82) is 0 Å². The summed E-state index contributed by atoms with van der Waals surface area (Å²) in [6.07, 6.45) is 0. The van der Waals surface area contributed by atoms with Crippen LogP contribution in [0.15, 0.2) is 17.5 Å². The lowest BCUT2D eigenvalue weighted by Gasteiger charge is -1.95. The molecular weight excluding hydrogens is 167 g/mol. The minimum Gasteiger partial charge on any atom is -0.327 e. The normalized spacial score (nSPS) is 13.3. The van der Waals surface area contributed by atoms with Crippen LogP contribution in [0.1, 0.15) is 6.92 Å². The maximum Gasteiger partial charge on any atom is 0.230 e. The smallest absolute Gasteiger partial charge is 0.230 e. The molecule has 0 aliphatic rings. The molecule has 0 aliphatic carbocycles. The van der Waals surface area contributed by atoms with Gasteiger partial charge < -0.3 is 4.52 Å². The molecule has 0 N–H and O–H groups in total. The van der Waals surface area contributed by atoms with Crippen LogP contribution in [0.3, 0.4) is 0 Å². The van der Waals surface area contributed by atoms with E-state index < -0.39 is 8.03 Å². The Morgan fingerprint density at radius 2 is 2.60 bits per heavy atom. The summed E-state index contributed by atoms with van der Waals surface area (Å²) in [7, 11) is -1.91. The highest BCUT2D eigenvalue weighted by molar-refractivity contribution is 7.57. The van der Waals surface area contributed by atoms with Gasteiger partial charge in [-0.2, -0.15) is 0 Å². The number of hydrogen-bond donors (Lipinski definition) is 0. The van der Waals surface area contributed by atoms with Crippen molar-refractivity contribution < 1.29 is 9.09 Å².